The zero-order valence-electron chi connectivity index (χ0n) is 32.3. The molecule has 0 amide bonds. The molecule has 0 atom stereocenters. The molecule has 54 heavy (non-hydrogen) atoms. The molecule has 0 aliphatic rings. The van der Waals surface area contributed by atoms with E-state index in [-0.39, 0.29) is 0 Å². The van der Waals surface area contributed by atoms with Crippen LogP contribution in [0.15, 0.2) is 182 Å². The first-order valence-corrected chi connectivity index (χ1v) is 26.2. The summed E-state index contributed by atoms with van der Waals surface area (Å²) in [6.45, 7) is 14.4. The van der Waals surface area contributed by atoms with E-state index in [9.17, 15) is 0 Å². The zero-order valence-corrected chi connectivity index (χ0v) is 34.3. The lowest BCUT2D eigenvalue weighted by Gasteiger charge is -2.17. The topological polar surface area (TPSA) is 0 Å². The fourth-order valence-electron chi connectivity index (χ4n) is 7.54. The summed E-state index contributed by atoms with van der Waals surface area (Å²) in [5.41, 5.74) is 14.9. The standard InChI is InChI=1S/C52H48Si2/c1-53(2,3)48-33-29-43(30-34-48)39-17-13-37(14-18-39)41-21-25-45(26-22-41)50-11-7-9-47-10-8-12-51(52(47)50)46-27-23-42(24-28-46)38-15-19-40(20-16-38)44-31-35-49(36-32-44)54(4,5)6/h7-36H,1-6H3. The van der Waals surface area contributed by atoms with E-state index in [0.717, 1.165) is 0 Å². The van der Waals surface area contributed by atoms with Crippen molar-refractivity contribution in [3.63, 3.8) is 0 Å². The molecule has 0 radical (unpaired) electrons. The van der Waals surface area contributed by atoms with E-state index < -0.39 is 16.1 Å². The minimum Gasteiger partial charge on any atom is -0.0656 e. The summed E-state index contributed by atoms with van der Waals surface area (Å²) in [7, 11) is -2.61. The van der Waals surface area contributed by atoms with Gasteiger partial charge in [0.1, 0.15) is 0 Å². The highest BCUT2D eigenvalue weighted by atomic mass is 28.3. The molecule has 264 valence electrons. The van der Waals surface area contributed by atoms with E-state index in [1.54, 1.807) is 0 Å². The van der Waals surface area contributed by atoms with Gasteiger partial charge in [-0.15, -0.1) is 0 Å². The lowest BCUT2D eigenvalue weighted by atomic mass is 9.90. The second-order valence-corrected chi connectivity index (χ2v) is 26.8. The average Bonchev–Trinajstić information content (AvgIpc) is 3.20. The van der Waals surface area contributed by atoms with E-state index in [2.05, 4.69) is 221 Å². The van der Waals surface area contributed by atoms with Gasteiger partial charge in [0.25, 0.3) is 0 Å². The van der Waals surface area contributed by atoms with Crippen molar-refractivity contribution >= 4 is 37.3 Å². The van der Waals surface area contributed by atoms with Crippen LogP contribution in [0.5, 0.6) is 0 Å². The third-order valence-electron chi connectivity index (χ3n) is 10.9. The van der Waals surface area contributed by atoms with Gasteiger partial charge in [0.05, 0.1) is 16.1 Å². The lowest BCUT2D eigenvalue weighted by Crippen LogP contribution is -2.37. The van der Waals surface area contributed by atoms with Gasteiger partial charge < -0.3 is 0 Å². The molecule has 0 heterocycles. The molecule has 8 aromatic rings. The summed E-state index contributed by atoms with van der Waals surface area (Å²) in [4.78, 5) is 0. The van der Waals surface area contributed by atoms with Crippen LogP contribution in [0.4, 0.5) is 0 Å². The Hall–Kier alpha value is -5.55. The van der Waals surface area contributed by atoms with Crippen molar-refractivity contribution in [2.45, 2.75) is 39.3 Å². The molecule has 0 saturated carbocycles. The normalized spacial score (nSPS) is 11.9. The van der Waals surface area contributed by atoms with Crippen LogP contribution in [0.25, 0.3) is 77.5 Å². The first-order valence-electron chi connectivity index (χ1n) is 19.2. The monoisotopic (exact) mass is 728 g/mol. The summed E-state index contributed by atoms with van der Waals surface area (Å²) in [5, 5.41) is 5.53. The third kappa shape index (κ3) is 7.33. The largest absolute Gasteiger partial charge is 0.0775 e. The van der Waals surface area contributed by atoms with Crippen molar-refractivity contribution in [2.75, 3.05) is 0 Å². The third-order valence-corrected chi connectivity index (χ3v) is 15.0. The minimum absolute atomic E-state index is 1.22. The summed E-state index contributed by atoms with van der Waals surface area (Å²) in [5.74, 6) is 0. The molecule has 0 nitrogen and oxygen atoms in total. The SMILES string of the molecule is C[Si](C)(C)c1ccc(-c2ccc(-c3ccc(-c4cccc5cccc(-c6ccc(-c7ccc(-c8ccc([Si](C)(C)C)cc8)cc7)cc6)c45)cc3)cc2)cc1. The van der Waals surface area contributed by atoms with Gasteiger partial charge in [-0.1, -0.05) is 232 Å². The molecule has 0 unspecified atom stereocenters. The maximum absolute atomic E-state index is 2.40. The molecule has 0 aliphatic heterocycles. The number of fused-ring (bicyclic) bond motifs is 1. The molecular formula is C52H48Si2. The predicted octanol–water partition coefficient (Wildman–Crippen LogP) is 13.9. The Balaban J connectivity index is 1.03. The molecule has 0 saturated heterocycles. The van der Waals surface area contributed by atoms with Gasteiger partial charge in [0.15, 0.2) is 0 Å². The van der Waals surface area contributed by atoms with Gasteiger partial charge in [0.2, 0.25) is 0 Å². The highest BCUT2D eigenvalue weighted by Gasteiger charge is 2.17. The van der Waals surface area contributed by atoms with Gasteiger partial charge in [-0.05, 0) is 77.5 Å². The zero-order chi connectivity index (χ0) is 37.5. The lowest BCUT2D eigenvalue weighted by molar-refractivity contribution is 1.58. The summed E-state index contributed by atoms with van der Waals surface area (Å²) in [6, 6.07) is 67.8. The van der Waals surface area contributed by atoms with E-state index in [1.807, 2.05) is 0 Å². The van der Waals surface area contributed by atoms with Crippen LogP contribution in [0.3, 0.4) is 0 Å². The van der Waals surface area contributed by atoms with Crippen molar-refractivity contribution < 1.29 is 0 Å². The van der Waals surface area contributed by atoms with Gasteiger partial charge in [-0.3, -0.25) is 0 Å². The molecule has 0 aliphatic carbocycles. The van der Waals surface area contributed by atoms with E-state index >= 15 is 0 Å². The summed E-state index contributed by atoms with van der Waals surface area (Å²) < 4.78 is 0. The summed E-state index contributed by atoms with van der Waals surface area (Å²) in [6.07, 6.45) is 0. The minimum atomic E-state index is -1.30. The van der Waals surface area contributed by atoms with Crippen molar-refractivity contribution in [2.24, 2.45) is 0 Å². The molecule has 0 bridgehead atoms. The highest BCUT2D eigenvalue weighted by Crippen LogP contribution is 2.38. The molecule has 8 rings (SSSR count). The number of rotatable bonds is 8. The van der Waals surface area contributed by atoms with Crippen molar-refractivity contribution in [1.82, 2.24) is 0 Å². The summed E-state index contributed by atoms with van der Waals surface area (Å²) >= 11 is 0. The van der Waals surface area contributed by atoms with Gasteiger partial charge >= 0.3 is 0 Å². The van der Waals surface area contributed by atoms with Crippen LogP contribution in [0.1, 0.15) is 0 Å². The number of hydrogen-bond acceptors (Lipinski definition) is 0. The van der Waals surface area contributed by atoms with Crippen molar-refractivity contribution in [3.8, 4) is 66.8 Å². The Bertz CT molecular complexity index is 2350. The van der Waals surface area contributed by atoms with Crippen molar-refractivity contribution in [3.05, 3.63) is 182 Å². The van der Waals surface area contributed by atoms with Crippen LogP contribution in [0, 0.1) is 0 Å². The maximum atomic E-state index is 2.40. The van der Waals surface area contributed by atoms with Crippen LogP contribution >= 0.6 is 0 Å². The Morgan fingerprint density at radius 2 is 0.463 bits per heavy atom. The van der Waals surface area contributed by atoms with Crippen LogP contribution in [0.2, 0.25) is 39.3 Å². The molecule has 2 heteroatoms. The molecule has 0 aromatic heterocycles. The highest BCUT2D eigenvalue weighted by molar-refractivity contribution is 6.89. The second kappa shape index (κ2) is 14.4. The molecular weight excluding hydrogens is 681 g/mol. The van der Waals surface area contributed by atoms with E-state index in [4.69, 9.17) is 0 Å². The molecule has 8 aromatic carbocycles. The molecule has 0 N–H and O–H groups in total. The van der Waals surface area contributed by atoms with E-state index in [0.29, 0.717) is 0 Å². The van der Waals surface area contributed by atoms with Crippen LogP contribution < -0.4 is 10.4 Å². The Morgan fingerprint density at radius 3 is 0.704 bits per heavy atom. The number of benzene rings is 8. The smallest absolute Gasteiger partial charge is 0.0656 e. The van der Waals surface area contributed by atoms with Crippen LogP contribution in [-0.4, -0.2) is 16.1 Å². The average molecular weight is 729 g/mol. The molecule has 0 fully saturated rings. The predicted molar refractivity (Wildman–Crippen MR) is 243 cm³/mol. The van der Waals surface area contributed by atoms with Gasteiger partial charge in [-0.2, -0.15) is 0 Å². The Morgan fingerprint density at radius 1 is 0.241 bits per heavy atom. The first-order chi connectivity index (χ1) is 26.0. The van der Waals surface area contributed by atoms with Crippen LogP contribution in [-0.2, 0) is 0 Å². The Kier molecular flexibility index (Phi) is 9.43. The molecule has 0 spiro atoms. The fraction of sp³-hybridized carbons (Fsp3) is 0.115. The van der Waals surface area contributed by atoms with Gasteiger partial charge in [-0.25, -0.2) is 0 Å². The van der Waals surface area contributed by atoms with Gasteiger partial charge in [0, 0.05) is 0 Å². The second-order valence-electron chi connectivity index (χ2n) is 16.7. The fourth-order valence-corrected chi connectivity index (χ4v) is 9.88. The van der Waals surface area contributed by atoms with E-state index in [1.165, 1.54) is 87.9 Å². The van der Waals surface area contributed by atoms with Crippen molar-refractivity contribution in [1.29, 1.82) is 0 Å². The Labute approximate surface area is 323 Å². The maximum Gasteiger partial charge on any atom is 0.0775 e. The first kappa shape index (κ1) is 35.5. The number of hydrogen-bond donors (Lipinski definition) is 0. The quantitative estimate of drug-likeness (QED) is 0.137.